The molecule has 4 rings (SSSR count). The highest BCUT2D eigenvalue weighted by molar-refractivity contribution is 7.17. The number of aromatic nitrogens is 2. The molecule has 2 aromatic carbocycles. The summed E-state index contributed by atoms with van der Waals surface area (Å²) in [5.41, 5.74) is 2.58. The maximum absolute atomic E-state index is 13.2. The second-order valence-electron chi connectivity index (χ2n) is 4.39. The first-order valence-electron chi connectivity index (χ1n) is 5.93. The maximum Gasteiger partial charge on any atom is 0.139 e. The van der Waals surface area contributed by atoms with Crippen molar-refractivity contribution in [2.75, 3.05) is 0 Å². The van der Waals surface area contributed by atoms with Crippen LogP contribution in [0.25, 0.3) is 32.5 Å². The van der Waals surface area contributed by atoms with E-state index in [1.807, 2.05) is 12.1 Å². The molecule has 0 saturated carbocycles. The van der Waals surface area contributed by atoms with E-state index >= 15 is 0 Å². The number of hydrogen-bond acceptors (Lipinski definition) is 2. The molecule has 1 N–H and O–H groups in total. The average Bonchev–Trinajstić information content (AvgIpc) is 3.00. The van der Waals surface area contributed by atoms with E-state index in [-0.39, 0.29) is 5.82 Å². The summed E-state index contributed by atoms with van der Waals surface area (Å²) in [5, 5.41) is 3.26. The van der Waals surface area contributed by atoms with Crippen molar-refractivity contribution < 1.29 is 4.39 Å². The first-order chi connectivity index (χ1) is 9.31. The second kappa shape index (κ2) is 3.90. The lowest BCUT2D eigenvalue weighted by Crippen LogP contribution is -1.77. The van der Waals surface area contributed by atoms with Crippen molar-refractivity contribution in [3.63, 3.8) is 0 Å². The molecule has 2 nitrogen and oxygen atoms in total. The Kier molecular flexibility index (Phi) is 2.19. The minimum Gasteiger partial charge on any atom is -0.338 e. The van der Waals surface area contributed by atoms with Gasteiger partial charge in [0.2, 0.25) is 0 Å². The normalized spacial score (nSPS) is 11.4. The van der Waals surface area contributed by atoms with Gasteiger partial charge in [-0.15, -0.1) is 11.3 Å². The third kappa shape index (κ3) is 1.64. The Morgan fingerprint density at radius 2 is 2.00 bits per heavy atom. The van der Waals surface area contributed by atoms with Crippen molar-refractivity contribution >= 4 is 32.5 Å². The van der Waals surface area contributed by atoms with Gasteiger partial charge in [0.15, 0.2) is 0 Å². The third-order valence-corrected chi connectivity index (χ3v) is 4.14. The monoisotopic (exact) mass is 268 g/mol. The molecule has 19 heavy (non-hydrogen) atoms. The molecule has 0 unspecified atom stereocenters. The van der Waals surface area contributed by atoms with Crippen LogP contribution in [0.3, 0.4) is 0 Å². The summed E-state index contributed by atoms with van der Waals surface area (Å²) in [5.74, 6) is 0.538. The number of rotatable bonds is 1. The van der Waals surface area contributed by atoms with Crippen molar-refractivity contribution in [1.82, 2.24) is 9.97 Å². The van der Waals surface area contributed by atoms with Crippen LogP contribution >= 0.6 is 11.3 Å². The first kappa shape index (κ1) is 10.7. The van der Waals surface area contributed by atoms with Gasteiger partial charge in [-0.3, -0.25) is 0 Å². The van der Waals surface area contributed by atoms with E-state index in [4.69, 9.17) is 0 Å². The van der Waals surface area contributed by atoms with Crippen LogP contribution in [0.2, 0.25) is 0 Å². The zero-order chi connectivity index (χ0) is 12.8. The minimum absolute atomic E-state index is 0.252. The van der Waals surface area contributed by atoms with E-state index in [9.17, 15) is 4.39 Å². The Bertz CT molecular complexity index is 891. The molecule has 0 amide bonds. The van der Waals surface area contributed by atoms with E-state index in [0.717, 1.165) is 22.4 Å². The number of thiophene rings is 1. The number of nitrogens with zero attached hydrogens (tertiary/aromatic N) is 1. The summed E-state index contributed by atoms with van der Waals surface area (Å²) in [6, 6.07) is 12.8. The fraction of sp³-hybridized carbons (Fsp3) is 0. The first-order valence-corrected chi connectivity index (χ1v) is 6.81. The van der Waals surface area contributed by atoms with Gasteiger partial charge in [0.25, 0.3) is 0 Å². The Morgan fingerprint density at radius 1 is 1.11 bits per heavy atom. The lowest BCUT2D eigenvalue weighted by molar-refractivity contribution is 0.629. The summed E-state index contributed by atoms with van der Waals surface area (Å²) < 4.78 is 14.4. The summed E-state index contributed by atoms with van der Waals surface area (Å²) in [7, 11) is 0. The van der Waals surface area contributed by atoms with E-state index in [2.05, 4.69) is 27.5 Å². The SMILES string of the molecule is Fc1ccc2nc(-c3csc4ccccc34)[nH]c2c1. The van der Waals surface area contributed by atoms with Gasteiger partial charge >= 0.3 is 0 Å². The standard InChI is InChI=1S/C15H9FN2S/c16-9-5-6-12-13(7-9)18-15(17-12)11-8-19-14-4-2-1-3-10(11)14/h1-8H,(H,17,18). The predicted molar refractivity (Wildman–Crippen MR) is 76.9 cm³/mol. The van der Waals surface area contributed by atoms with Crippen LogP contribution in [-0.4, -0.2) is 9.97 Å². The molecular formula is C15H9FN2S. The number of benzene rings is 2. The predicted octanol–water partition coefficient (Wildman–Crippen LogP) is 4.58. The molecule has 0 spiro atoms. The van der Waals surface area contributed by atoms with Crippen molar-refractivity contribution in [1.29, 1.82) is 0 Å². The summed E-state index contributed by atoms with van der Waals surface area (Å²) >= 11 is 1.69. The maximum atomic E-state index is 13.2. The van der Waals surface area contributed by atoms with Gasteiger partial charge < -0.3 is 4.98 Å². The molecule has 0 fully saturated rings. The van der Waals surface area contributed by atoms with E-state index in [1.54, 1.807) is 17.4 Å². The summed E-state index contributed by atoms with van der Waals surface area (Å²) in [4.78, 5) is 7.72. The lowest BCUT2D eigenvalue weighted by atomic mass is 10.2. The van der Waals surface area contributed by atoms with Crippen molar-refractivity contribution in [2.45, 2.75) is 0 Å². The molecule has 0 aliphatic heterocycles. The van der Waals surface area contributed by atoms with E-state index in [0.29, 0.717) is 0 Å². The molecule has 2 heterocycles. The quantitative estimate of drug-likeness (QED) is 0.537. The van der Waals surface area contributed by atoms with Crippen LogP contribution in [0.4, 0.5) is 4.39 Å². The van der Waals surface area contributed by atoms with Crippen molar-refractivity contribution in [3.05, 3.63) is 53.7 Å². The highest BCUT2D eigenvalue weighted by Crippen LogP contribution is 2.33. The molecule has 92 valence electrons. The van der Waals surface area contributed by atoms with Gasteiger partial charge in [0.1, 0.15) is 11.6 Å². The number of halogens is 1. The average molecular weight is 268 g/mol. The number of aromatic amines is 1. The van der Waals surface area contributed by atoms with E-state index in [1.165, 1.54) is 22.2 Å². The number of imidazole rings is 1. The summed E-state index contributed by atoms with van der Waals surface area (Å²) in [6.07, 6.45) is 0. The summed E-state index contributed by atoms with van der Waals surface area (Å²) in [6.45, 7) is 0. The number of fused-ring (bicyclic) bond motifs is 2. The molecule has 0 bridgehead atoms. The molecule has 0 saturated heterocycles. The highest BCUT2D eigenvalue weighted by atomic mass is 32.1. The van der Waals surface area contributed by atoms with Crippen molar-refractivity contribution in [3.8, 4) is 11.4 Å². The van der Waals surface area contributed by atoms with E-state index < -0.39 is 0 Å². The Morgan fingerprint density at radius 3 is 2.95 bits per heavy atom. The second-order valence-corrected chi connectivity index (χ2v) is 5.30. The highest BCUT2D eigenvalue weighted by Gasteiger charge is 2.10. The molecular weight excluding hydrogens is 259 g/mol. The largest absolute Gasteiger partial charge is 0.338 e. The Labute approximate surface area is 112 Å². The van der Waals surface area contributed by atoms with Crippen LogP contribution in [0.1, 0.15) is 0 Å². The smallest absolute Gasteiger partial charge is 0.139 e. The zero-order valence-corrected chi connectivity index (χ0v) is 10.7. The molecule has 0 aliphatic rings. The van der Waals surface area contributed by atoms with Crippen LogP contribution in [-0.2, 0) is 0 Å². The fourth-order valence-corrected chi connectivity index (χ4v) is 3.22. The van der Waals surface area contributed by atoms with Crippen LogP contribution in [0.5, 0.6) is 0 Å². The molecule has 2 aromatic heterocycles. The Balaban J connectivity index is 1.99. The molecule has 0 aliphatic carbocycles. The van der Waals surface area contributed by atoms with Gasteiger partial charge in [-0.1, -0.05) is 18.2 Å². The Hall–Kier alpha value is -2.20. The topological polar surface area (TPSA) is 28.7 Å². The number of nitrogens with one attached hydrogen (secondary N) is 1. The minimum atomic E-state index is -0.252. The molecule has 4 heteroatoms. The van der Waals surface area contributed by atoms with Crippen LogP contribution in [0.15, 0.2) is 47.8 Å². The third-order valence-electron chi connectivity index (χ3n) is 3.18. The van der Waals surface area contributed by atoms with Crippen LogP contribution in [0, 0.1) is 5.82 Å². The molecule has 0 radical (unpaired) electrons. The van der Waals surface area contributed by atoms with Gasteiger partial charge in [0, 0.05) is 21.0 Å². The molecule has 0 atom stereocenters. The molecule has 4 aromatic rings. The van der Waals surface area contributed by atoms with Gasteiger partial charge in [-0.25, -0.2) is 9.37 Å². The number of hydrogen-bond donors (Lipinski definition) is 1. The fourth-order valence-electron chi connectivity index (χ4n) is 2.27. The number of H-pyrrole nitrogens is 1. The zero-order valence-electron chi connectivity index (χ0n) is 9.85. The van der Waals surface area contributed by atoms with Crippen LogP contribution < -0.4 is 0 Å². The van der Waals surface area contributed by atoms with Crippen molar-refractivity contribution in [2.24, 2.45) is 0 Å². The lowest BCUT2D eigenvalue weighted by Gasteiger charge is -1.93. The van der Waals surface area contributed by atoms with Gasteiger partial charge in [-0.05, 0) is 24.3 Å². The van der Waals surface area contributed by atoms with Gasteiger partial charge in [0.05, 0.1) is 11.0 Å². The van der Waals surface area contributed by atoms with Gasteiger partial charge in [-0.2, -0.15) is 0 Å².